The van der Waals surface area contributed by atoms with Crippen molar-refractivity contribution in [3.8, 4) is 33.4 Å². The van der Waals surface area contributed by atoms with Gasteiger partial charge in [0.05, 0.1) is 16.1 Å². The van der Waals surface area contributed by atoms with Crippen LogP contribution in [0, 0.1) is 0 Å². The second-order valence-corrected chi connectivity index (χ2v) is 17.3. The minimum absolute atomic E-state index is 1.12. The smallest absolute Gasteiger partial charge is 0.0640 e. The van der Waals surface area contributed by atoms with Crippen LogP contribution in [0.15, 0.2) is 212 Å². The van der Waals surface area contributed by atoms with Crippen LogP contribution in [0.2, 0.25) is 0 Å². The third-order valence-corrected chi connectivity index (χ3v) is 14.3. The molecule has 0 radical (unpaired) electrons. The molecule has 59 heavy (non-hydrogen) atoms. The van der Waals surface area contributed by atoms with Gasteiger partial charge in [-0.05, 0) is 74.3 Å². The van der Waals surface area contributed by atoms with Gasteiger partial charge in [0.15, 0.2) is 0 Å². The molecular weight excluding hydrogens is 751 g/mol. The normalized spacial score (nSPS) is 11.7. The van der Waals surface area contributed by atoms with Gasteiger partial charge in [-0.3, -0.25) is 0 Å². The van der Waals surface area contributed by atoms with Crippen molar-refractivity contribution in [2.75, 3.05) is 4.90 Å². The van der Waals surface area contributed by atoms with E-state index in [-0.39, 0.29) is 0 Å². The number of thiophene rings is 2. The Bertz CT molecular complexity index is 3560. The molecule has 0 unspecified atom stereocenters. The van der Waals surface area contributed by atoms with Gasteiger partial charge in [0, 0.05) is 52.3 Å². The summed E-state index contributed by atoms with van der Waals surface area (Å²) in [5.41, 5.74) is 10.7. The summed E-state index contributed by atoms with van der Waals surface area (Å²) in [4.78, 5) is 2.57. The molecular formula is C56H35NS2. The minimum Gasteiger partial charge on any atom is -0.308 e. The van der Waals surface area contributed by atoms with Crippen LogP contribution < -0.4 is 4.90 Å². The van der Waals surface area contributed by atoms with E-state index in [1.54, 1.807) is 0 Å². The van der Waals surface area contributed by atoms with E-state index in [2.05, 4.69) is 217 Å². The maximum absolute atomic E-state index is 2.57. The molecule has 0 aliphatic rings. The highest BCUT2D eigenvalue weighted by Gasteiger charge is 2.26. The lowest BCUT2D eigenvalue weighted by molar-refractivity contribution is 1.32. The van der Waals surface area contributed by atoms with Crippen LogP contribution in [-0.2, 0) is 0 Å². The third kappa shape index (κ3) is 5.51. The molecule has 12 rings (SSSR count). The highest BCUT2D eigenvalue weighted by Crippen LogP contribution is 2.53. The molecule has 0 saturated carbocycles. The maximum atomic E-state index is 2.57. The molecule has 0 spiro atoms. The molecule has 0 aliphatic heterocycles. The standard InChI is InChI=1S/C56H35NS2/c1-2-15-36(16-3-1)37-31-33-38(34-32-37)53-46-23-6-4-19-42(46)43-20-5-7-24-47(43)54(53)57(50-28-14-27-49-45-22-9-11-30-52(45)59-56(49)50)40-18-12-17-39(35-40)41-25-13-26-48-44-21-8-10-29-51(44)58-55(41)48/h1-35H. The largest absolute Gasteiger partial charge is 0.308 e. The first-order valence-corrected chi connectivity index (χ1v) is 21.7. The lowest BCUT2D eigenvalue weighted by Gasteiger charge is -2.31. The Morgan fingerprint density at radius 3 is 1.53 bits per heavy atom. The Labute approximate surface area is 350 Å². The van der Waals surface area contributed by atoms with Gasteiger partial charge in [-0.25, -0.2) is 0 Å². The van der Waals surface area contributed by atoms with Crippen LogP contribution in [0.1, 0.15) is 0 Å². The second kappa shape index (κ2) is 13.8. The van der Waals surface area contributed by atoms with Gasteiger partial charge in [-0.15, -0.1) is 22.7 Å². The molecule has 0 amide bonds. The van der Waals surface area contributed by atoms with Crippen molar-refractivity contribution in [1.82, 2.24) is 0 Å². The van der Waals surface area contributed by atoms with Gasteiger partial charge in [0.2, 0.25) is 0 Å². The Hall–Kier alpha value is -7.04. The van der Waals surface area contributed by atoms with E-state index in [4.69, 9.17) is 0 Å². The summed E-state index contributed by atoms with van der Waals surface area (Å²) in [6.45, 7) is 0. The molecule has 0 aliphatic carbocycles. The topological polar surface area (TPSA) is 3.24 Å². The number of hydrogen-bond donors (Lipinski definition) is 0. The Morgan fingerprint density at radius 2 is 0.797 bits per heavy atom. The molecule has 0 fully saturated rings. The Balaban J connectivity index is 1.18. The van der Waals surface area contributed by atoms with E-state index in [1.807, 2.05) is 22.7 Å². The number of rotatable bonds is 6. The SMILES string of the molecule is c1ccc(-c2ccc(-c3c(N(c4cccc(-c5cccc6c5sc5ccccc56)c4)c4cccc5c4sc4ccccc45)c4ccccc4c4ccccc34)cc2)cc1. The highest BCUT2D eigenvalue weighted by atomic mass is 32.1. The zero-order chi connectivity index (χ0) is 38.9. The van der Waals surface area contributed by atoms with Crippen molar-refractivity contribution >= 4 is 102 Å². The Morgan fingerprint density at radius 1 is 0.305 bits per heavy atom. The predicted octanol–water partition coefficient (Wildman–Crippen LogP) is 17.2. The fourth-order valence-corrected chi connectivity index (χ4v) is 11.6. The summed E-state index contributed by atoms with van der Waals surface area (Å²) in [7, 11) is 0. The van der Waals surface area contributed by atoms with Crippen LogP contribution >= 0.6 is 22.7 Å². The van der Waals surface area contributed by atoms with E-state index < -0.39 is 0 Å². The first kappa shape index (κ1) is 34.0. The molecule has 1 nitrogen and oxygen atoms in total. The van der Waals surface area contributed by atoms with Crippen molar-refractivity contribution in [3.63, 3.8) is 0 Å². The molecule has 12 aromatic rings. The van der Waals surface area contributed by atoms with Gasteiger partial charge in [-0.2, -0.15) is 0 Å². The summed E-state index contributed by atoms with van der Waals surface area (Å²) in [6.07, 6.45) is 0. The summed E-state index contributed by atoms with van der Waals surface area (Å²) in [5, 5.41) is 10.1. The van der Waals surface area contributed by atoms with Crippen molar-refractivity contribution in [3.05, 3.63) is 212 Å². The molecule has 276 valence electrons. The van der Waals surface area contributed by atoms with Gasteiger partial charge in [-0.1, -0.05) is 182 Å². The molecule has 0 atom stereocenters. The van der Waals surface area contributed by atoms with E-state index in [1.165, 1.54) is 107 Å². The van der Waals surface area contributed by atoms with Crippen molar-refractivity contribution in [2.24, 2.45) is 0 Å². The van der Waals surface area contributed by atoms with Crippen LogP contribution in [-0.4, -0.2) is 0 Å². The Kier molecular flexibility index (Phi) is 7.97. The van der Waals surface area contributed by atoms with Gasteiger partial charge in [0.25, 0.3) is 0 Å². The van der Waals surface area contributed by atoms with Crippen molar-refractivity contribution in [2.45, 2.75) is 0 Å². The molecule has 2 aromatic heterocycles. The quantitative estimate of drug-likeness (QED) is 0.152. The average molecular weight is 786 g/mol. The fraction of sp³-hybridized carbons (Fsp3) is 0. The van der Waals surface area contributed by atoms with E-state index in [0.29, 0.717) is 0 Å². The zero-order valence-electron chi connectivity index (χ0n) is 32.0. The molecule has 0 N–H and O–H groups in total. The van der Waals surface area contributed by atoms with Crippen molar-refractivity contribution < 1.29 is 0 Å². The van der Waals surface area contributed by atoms with Gasteiger partial charge in [0.1, 0.15) is 0 Å². The molecule has 2 heterocycles. The lowest BCUT2D eigenvalue weighted by atomic mass is 9.89. The zero-order valence-corrected chi connectivity index (χ0v) is 33.6. The second-order valence-electron chi connectivity index (χ2n) is 15.2. The number of benzene rings is 10. The van der Waals surface area contributed by atoms with Gasteiger partial charge >= 0.3 is 0 Å². The minimum atomic E-state index is 1.12. The van der Waals surface area contributed by atoms with Crippen molar-refractivity contribution in [1.29, 1.82) is 0 Å². The summed E-state index contributed by atoms with van der Waals surface area (Å²) in [6, 6.07) is 78.3. The van der Waals surface area contributed by atoms with Crippen LogP contribution in [0.4, 0.5) is 17.1 Å². The first-order valence-electron chi connectivity index (χ1n) is 20.1. The maximum Gasteiger partial charge on any atom is 0.0640 e. The van der Waals surface area contributed by atoms with E-state index in [0.717, 1.165) is 5.69 Å². The summed E-state index contributed by atoms with van der Waals surface area (Å²) >= 11 is 3.77. The predicted molar refractivity (Wildman–Crippen MR) is 258 cm³/mol. The monoisotopic (exact) mass is 785 g/mol. The number of anilines is 3. The molecule has 3 heteroatoms. The molecule has 0 saturated heterocycles. The van der Waals surface area contributed by atoms with Crippen LogP contribution in [0.5, 0.6) is 0 Å². The van der Waals surface area contributed by atoms with E-state index >= 15 is 0 Å². The molecule has 0 bridgehead atoms. The number of hydrogen-bond acceptors (Lipinski definition) is 3. The first-order chi connectivity index (χ1) is 29.3. The van der Waals surface area contributed by atoms with E-state index in [9.17, 15) is 0 Å². The van der Waals surface area contributed by atoms with Crippen LogP contribution in [0.25, 0.3) is 95.3 Å². The summed E-state index contributed by atoms with van der Waals surface area (Å²) in [5.74, 6) is 0. The fourth-order valence-electron chi connectivity index (χ4n) is 9.19. The highest BCUT2D eigenvalue weighted by molar-refractivity contribution is 7.26. The molecule has 10 aromatic carbocycles. The summed E-state index contributed by atoms with van der Waals surface area (Å²) < 4.78 is 5.20. The number of nitrogens with zero attached hydrogens (tertiary/aromatic N) is 1. The third-order valence-electron chi connectivity index (χ3n) is 11.9. The average Bonchev–Trinajstić information content (AvgIpc) is 3.89. The lowest BCUT2D eigenvalue weighted by Crippen LogP contribution is -2.12. The number of fused-ring (bicyclic) bond motifs is 9. The van der Waals surface area contributed by atoms with Gasteiger partial charge < -0.3 is 4.90 Å². The van der Waals surface area contributed by atoms with Crippen LogP contribution in [0.3, 0.4) is 0 Å².